The molecule has 0 spiro atoms. The molecule has 0 bridgehead atoms. The van der Waals surface area contributed by atoms with Crippen LogP contribution in [-0.4, -0.2) is 28.0 Å². The van der Waals surface area contributed by atoms with Gasteiger partial charge in [0.15, 0.2) is 0 Å². The van der Waals surface area contributed by atoms with Crippen molar-refractivity contribution in [2.75, 3.05) is 5.32 Å². The molecule has 2 unspecified atom stereocenters. The second-order valence-corrected chi connectivity index (χ2v) is 10.9. The number of nitrogens with zero attached hydrogens (tertiary/aromatic N) is 1. The number of aromatic nitrogens is 2. The smallest absolute Gasteiger partial charge is 0.382 e. The average molecular weight is 533 g/mol. The van der Waals surface area contributed by atoms with Crippen LogP contribution >= 0.6 is 0 Å². The van der Waals surface area contributed by atoms with Crippen LogP contribution in [0.1, 0.15) is 60.1 Å². The number of benzene rings is 2. The van der Waals surface area contributed by atoms with Crippen LogP contribution in [0, 0.1) is 12.8 Å². The van der Waals surface area contributed by atoms with Crippen LogP contribution in [0.5, 0.6) is 0 Å². The number of carbonyl (C=O) groups is 1. The van der Waals surface area contributed by atoms with Gasteiger partial charge in [-0.1, -0.05) is 35.8 Å². The number of H-pyrrole nitrogens is 1. The van der Waals surface area contributed by atoms with Crippen molar-refractivity contribution in [2.24, 2.45) is 5.92 Å². The molecule has 8 heteroatoms. The van der Waals surface area contributed by atoms with E-state index in [0.717, 1.165) is 61.1 Å². The van der Waals surface area contributed by atoms with Crippen LogP contribution < -0.4 is 10.6 Å². The summed E-state index contributed by atoms with van der Waals surface area (Å²) in [5.74, 6) is 0.121. The molecule has 2 heterocycles. The van der Waals surface area contributed by atoms with Crippen molar-refractivity contribution in [1.82, 2.24) is 15.3 Å². The third-order valence-corrected chi connectivity index (χ3v) is 8.03. The fraction of sp³-hybridized carbons (Fsp3) is 0.355. The number of allylic oxidation sites excluding steroid dienone is 1. The highest BCUT2D eigenvalue weighted by Gasteiger charge is 2.35. The van der Waals surface area contributed by atoms with Gasteiger partial charge in [-0.2, -0.15) is 13.2 Å². The molecular weight excluding hydrogens is 501 g/mol. The molecule has 0 aliphatic heterocycles. The Bertz CT molecular complexity index is 1570. The first-order chi connectivity index (χ1) is 18.7. The van der Waals surface area contributed by atoms with E-state index in [9.17, 15) is 18.0 Å². The van der Waals surface area contributed by atoms with Crippen LogP contribution in [-0.2, 0) is 6.18 Å². The molecular formula is C31H31F3N4O. The van der Waals surface area contributed by atoms with E-state index in [4.69, 9.17) is 0 Å². The highest BCUT2D eigenvalue weighted by atomic mass is 19.4. The van der Waals surface area contributed by atoms with Gasteiger partial charge in [0.2, 0.25) is 0 Å². The standard InChI is InChI=1S/C31H31F3N4O/c1-18-8-11-26-24(14-18)28(17-29(37-26)31(32,33)34)36-21-5-2-4-20(16-21)27(15-19-9-10-19)38-30(39)23-6-3-7-25-22(23)12-13-35-25/h3,6-9,11-14,17,20-21,27,35H,2,4-5,10,15-16H2,1H3,(H,36,37)(H,38,39)/t20?,21-,27?/m0/s1. The summed E-state index contributed by atoms with van der Waals surface area (Å²) < 4.78 is 40.9. The fourth-order valence-electron chi connectivity index (χ4n) is 5.93. The molecule has 0 saturated heterocycles. The summed E-state index contributed by atoms with van der Waals surface area (Å²) in [6, 6.07) is 14.0. The Labute approximate surface area is 224 Å². The summed E-state index contributed by atoms with van der Waals surface area (Å²) in [5.41, 5.74) is 3.78. The van der Waals surface area contributed by atoms with Crippen molar-refractivity contribution in [3.63, 3.8) is 0 Å². The molecule has 6 rings (SSSR count). The van der Waals surface area contributed by atoms with Crippen molar-refractivity contribution in [3.05, 3.63) is 83.2 Å². The fourth-order valence-corrected chi connectivity index (χ4v) is 5.93. The highest BCUT2D eigenvalue weighted by molar-refractivity contribution is 6.06. The summed E-state index contributed by atoms with van der Waals surface area (Å²) >= 11 is 0. The van der Waals surface area contributed by atoms with E-state index in [1.165, 1.54) is 5.57 Å². The van der Waals surface area contributed by atoms with Gasteiger partial charge in [-0.15, -0.1) is 0 Å². The number of halogens is 3. The van der Waals surface area contributed by atoms with Crippen molar-refractivity contribution < 1.29 is 18.0 Å². The normalized spacial score (nSPS) is 20.1. The van der Waals surface area contributed by atoms with Gasteiger partial charge in [-0.3, -0.25) is 4.79 Å². The SMILES string of the molecule is Cc1ccc2nc(C(F)(F)F)cc(N[C@H]3CCCC(C(CC4=CC4)NC(=O)c4cccc5[nH]ccc45)C3)c2c1. The molecule has 2 aliphatic rings. The number of pyridine rings is 1. The molecule has 2 aliphatic carbocycles. The van der Waals surface area contributed by atoms with Crippen LogP contribution in [0.15, 0.2) is 66.4 Å². The average Bonchev–Trinajstić information content (AvgIpc) is 3.59. The molecule has 4 aromatic rings. The van der Waals surface area contributed by atoms with E-state index >= 15 is 0 Å². The molecule has 2 aromatic carbocycles. The second-order valence-electron chi connectivity index (χ2n) is 10.9. The van der Waals surface area contributed by atoms with Gasteiger partial charge in [0.1, 0.15) is 5.69 Å². The van der Waals surface area contributed by atoms with Gasteiger partial charge in [0.05, 0.1) is 5.52 Å². The Balaban J connectivity index is 1.24. The number of rotatable bonds is 7. The molecule has 5 nitrogen and oxygen atoms in total. The van der Waals surface area contributed by atoms with Gasteiger partial charge in [0.25, 0.3) is 5.91 Å². The number of aryl methyl sites for hydroxylation is 1. The number of amides is 1. The maximum Gasteiger partial charge on any atom is 0.433 e. The highest BCUT2D eigenvalue weighted by Crippen LogP contribution is 2.37. The van der Waals surface area contributed by atoms with Gasteiger partial charge in [-0.05, 0) is 81.3 Å². The Kier molecular flexibility index (Phi) is 6.57. The zero-order chi connectivity index (χ0) is 27.1. The van der Waals surface area contributed by atoms with E-state index in [2.05, 4.69) is 26.7 Å². The summed E-state index contributed by atoms with van der Waals surface area (Å²) in [6.45, 7) is 1.92. The molecule has 3 atom stereocenters. The van der Waals surface area contributed by atoms with E-state index < -0.39 is 11.9 Å². The van der Waals surface area contributed by atoms with Crippen molar-refractivity contribution in [2.45, 2.75) is 63.7 Å². The van der Waals surface area contributed by atoms with Gasteiger partial charge in [0, 0.05) is 45.8 Å². The minimum absolute atomic E-state index is 0.00311. The molecule has 1 fully saturated rings. The van der Waals surface area contributed by atoms with Gasteiger partial charge < -0.3 is 15.6 Å². The first kappa shape index (κ1) is 25.5. The third kappa shape index (κ3) is 5.51. The van der Waals surface area contributed by atoms with Crippen LogP contribution in [0.3, 0.4) is 0 Å². The summed E-state index contributed by atoms with van der Waals surface area (Å²) in [6.07, 6.45) is 4.82. The number of hydrogen-bond donors (Lipinski definition) is 3. The lowest BCUT2D eigenvalue weighted by Gasteiger charge is -2.36. The number of anilines is 1. The molecule has 2 aromatic heterocycles. The van der Waals surface area contributed by atoms with E-state index in [1.807, 2.05) is 43.5 Å². The van der Waals surface area contributed by atoms with Crippen LogP contribution in [0.2, 0.25) is 0 Å². The third-order valence-electron chi connectivity index (χ3n) is 8.03. The van der Waals surface area contributed by atoms with Gasteiger partial charge >= 0.3 is 6.18 Å². The number of aromatic amines is 1. The topological polar surface area (TPSA) is 69.8 Å². The Morgan fingerprint density at radius 2 is 1.97 bits per heavy atom. The zero-order valence-corrected chi connectivity index (χ0v) is 21.7. The lowest BCUT2D eigenvalue weighted by Crippen LogP contribution is -2.43. The molecule has 39 heavy (non-hydrogen) atoms. The van der Waals surface area contributed by atoms with Crippen LogP contribution in [0.4, 0.5) is 18.9 Å². The first-order valence-electron chi connectivity index (χ1n) is 13.5. The Morgan fingerprint density at radius 1 is 1.13 bits per heavy atom. The minimum Gasteiger partial charge on any atom is -0.382 e. The van der Waals surface area contributed by atoms with E-state index in [0.29, 0.717) is 22.2 Å². The predicted molar refractivity (Wildman–Crippen MR) is 148 cm³/mol. The summed E-state index contributed by atoms with van der Waals surface area (Å²) in [5, 5.41) is 8.36. The molecule has 202 valence electrons. The Hall–Kier alpha value is -3.81. The van der Waals surface area contributed by atoms with Gasteiger partial charge in [-0.25, -0.2) is 4.98 Å². The maximum absolute atomic E-state index is 13.6. The number of hydrogen-bond acceptors (Lipinski definition) is 3. The summed E-state index contributed by atoms with van der Waals surface area (Å²) in [7, 11) is 0. The second kappa shape index (κ2) is 10.1. The largest absolute Gasteiger partial charge is 0.433 e. The number of fused-ring (bicyclic) bond motifs is 2. The molecule has 0 radical (unpaired) electrons. The molecule has 3 N–H and O–H groups in total. The number of alkyl halides is 3. The predicted octanol–water partition coefficient (Wildman–Crippen LogP) is 7.53. The number of nitrogens with one attached hydrogen (secondary N) is 3. The monoisotopic (exact) mass is 532 g/mol. The van der Waals surface area contributed by atoms with Crippen molar-refractivity contribution >= 4 is 33.4 Å². The quantitative estimate of drug-likeness (QED) is 0.216. The van der Waals surface area contributed by atoms with E-state index in [1.54, 1.807) is 12.1 Å². The lowest BCUT2D eigenvalue weighted by molar-refractivity contribution is -0.140. The number of carbonyl (C=O) groups excluding carboxylic acids is 1. The molecule has 1 amide bonds. The Morgan fingerprint density at radius 3 is 2.77 bits per heavy atom. The van der Waals surface area contributed by atoms with Crippen LogP contribution in [0.25, 0.3) is 21.8 Å². The van der Waals surface area contributed by atoms with Crippen molar-refractivity contribution in [1.29, 1.82) is 0 Å². The first-order valence-corrected chi connectivity index (χ1v) is 13.5. The van der Waals surface area contributed by atoms with Crippen molar-refractivity contribution in [3.8, 4) is 0 Å². The zero-order valence-electron chi connectivity index (χ0n) is 21.7. The molecule has 1 saturated carbocycles. The summed E-state index contributed by atoms with van der Waals surface area (Å²) in [4.78, 5) is 20.5. The van der Waals surface area contributed by atoms with E-state index in [-0.39, 0.29) is 23.9 Å². The minimum atomic E-state index is -4.53. The maximum atomic E-state index is 13.6. The lowest BCUT2D eigenvalue weighted by atomic mass is 9.79.